The summed E-state index contributed by atoms with van der Waals surface area (Å²) in [6.07, 6.45) is 9.62. The van der Waals surface area contributed by atoms with Gasteiger partial charge in [0.05, 0.1) is 28.6 Å². The summed E-state index contributed by atoms with van der Waals surface area (Å²) in [5.74, 6) is 0. The van der Waals surface area contributed by atoms with Crippen molar-refractivity contribution in [3.63, 3.8) is 0 Å². The van der Waals surface area contributed by atoms with Gasteiger partial charge >= 0.3 is 0 Å². The molecule has 3 heterocycles. The van der Waals surface area contributed by atoms with Crippen molar-refractivity contribution < 1.29 is 0 Å². The van der Waals surface area contributed by atoms with Crippen molar-refractivity contribution in [1.82, 2.24) is 19.4 Å². The summed E-state index contributed by atoms with van der Waals surface area (Å²) in [4.78, 5) is 13.5. The Labute approximate surface area is 121 Å². The normalized spacial score (nSPS) is 11.6. The van der Waals surface area contributed by atoms with Gasteiger partial charge in [0.25, 0.3) is 0 Å². The van der Waals surface area contributed by atoms with Gasteiger partial charge in [-0.1, -0.05) is 18.2 Å². The monoisotopic (exact) mass is 272 g/mol. The van der Waals surface area contributed by atoms with Crippen LogP contribution in [0.3, 0.4) is 0 Å². The Hall–Kier alpha value is -3.01. The number of aromatic nitrogens is 4. The fourth-order valence-corrected chi connectivity index (χ4v) is 2.26. The predicted octanol–water partition coefficient (Wildman–Crippen LogP) is 3.45. The zero-order valence-corrected chi connectivity index (χ0v) is 11.2. The molecule has 0 spiro atoms. The first-order valence-corrected chi connectivity index (χ1v) is 6.72. The molecule has 0 amide bonds. The number of benzene rings is 1. The van der Waals surface area contributed by atoms with E-state index >= 15 is 0 Å². The van der Waals surface area contributed by atoms with Crippen molar-refractivity contribution in [2.24, 2.45) is 0 Å². The molecule has 0 bridgehead atoms. The predicted molar refractivity (Wildman–Crippen MR) is 83.7 cm³/mol. The van der Waals surface area contributed by atoms with E-state index in [2.05, 4.69) is 15.0 Å². The van der Waals surface area contributed by atoms with Crippen molar-refractivity contribution >= 4 is 28.8 Å². The molecule has 4 aromatic rings. The Bertz CT molecular complexity index is 920. The van der Waals surface area contributed by atoms with Crippen LogP contribution in [0.2, 0.25) is 0 Å². The number of hydrogen-bond acceptors (Lipinski definition) is 3. The van der Waals surface area contributed by atoms with Crippen LogP contribution < -0.4 is 0 Å². The molecule has 0 saturated carbocycles. The van der Waals surface area contributed by atoms with Gasteiger partial charge in [-0.3, -0.25) is 4.98 Å². The zero-order chi connectivity index (χ0) is 14.1. The lowest BCUT2D eigenvalue weighted by atomic mass is 10.3. The smallest absolute Gasteiger partial charge is 0.137 e. The number of imidazole rings is 1. The number of nitrogens with zero attached hydrogens (tertiary/aromatic N) is 4. The first-order valence-electron chi connectivity index (χ1n) is 6.72. The maximum atomic E-state index is 4.56. The van der Waals surface area contributed by atoms with Crippen LogP contribution in [0.4, 0.5) is 0 Å². The number of pyridine rings is 1. The Morgan fingerprint density at radius 2 is 1.62 bits per heavy atom. The van der Waals surface area contributed by atoms with Crippen LogP contribution >= 0.6 is 0 Å². The van der Waals surface area contributed by atoms with Crippen LogP contribution in [0.1, 0.15) is 11.4 Å². The summed E-state index contributed by atoms with van der Waals surface area (Å²) in [5.41, 5.74) is 4.46. The molecule has 0 aliphatic carbocycles. The maximum absolute atomic E-state index is 4.56. The van der Waals surface area contributed by atoms with Crippen LogP contribution in [0.25, 0.3) is 28.8 Å². The molecule has 0 saturated heterocycles. The molecule has 21 heavy (non-hydrogen) atoms. The van der Waals surface area contributed by atoms with E-state index in [0.717, 1.165) is 28.1 Å². The van der Waals surface area contributed by atoms with E-state index in [1.165, 1.54) is 0 Å². The number of hydrogen-bond donors (Lipinski definition) is 0. The third kappa shape index (κ3) is 2.27. The second kappa shape index (κ2) is 4.83. The summed E-state index contributed by atoms with van der Waals surface area (Å²) in [5, 5.41) is 0. The first-order chi connectivity index (χ1) is 10.4. The minimum Gasteiger partial charge on any atom is -0.306 e. The van der Waals surface area contributed by atoms with E-state index in [9.17, 15) is 0 Å². The Kier molecular flexibility index (Phi) is 2.71. The van der Waals surface area contributed by atoms with Crippen molar-refractivity contribution in [3.8, 4) is 0 Å². The fourth-order valence-electron chi connectivity index (χ4n) is 2.26. The second-order valence-electron chi connectivity index (χ2n) is 4.75. The van der Waals surface area contributed by atoms with Gasteiger partial charge < -0.3 is 4.40 Å². The Morgan fingerprint density at radius 1 is 0.810 bits per heavy atom. The molecule has 100 valence electrons. The van der Waals surface area contributed by atoms with Gasteiger partial charge in [0.2, 0.25) is 0 Å². The van der Waals surface area contributed by atoms with Crippen LogP contribution in [0.5, 0.6) is 0 Å². The molecule has 0 N–H and O–H groups in total. The maximum Gasteiger partial charge on any atom is 0.137 e. The molecule has 0 atom stereocenters. The standard InChI is InChI=1S/C17H12N4/c1-2-6-16-15(5-1)18-11-13(19-16)8-9-14-12-21-10-4-3-7-17(21)20-14/h1-12H/b9-8+. The average molecular weight is 272 g/mol. The molecule has 0 aliphatic heterocycles. The van der Waals surface area contributed by atoms with Crippen molar-refractivity contribution in [2.45, 2.75) is 0 Å². The zero-order valence-electron chi connectivity index (χ0n) is 11.2. The van der Waals surface area contributed by atoms with Gasteiger partial charge in [-0.15, -0.1) is 0 Å². The molecule has 1 aromatic carbocycles. The van der Waals surface area contributed by atoms with E-state index < -0.39 is 0 Å². The molecule has 0 radical (unpaired) electrons. The molecule has 3 aromatic heterocycles. The highest BCUT2D eigenvalue weighted by Crippen LogP contribution is 2.11. The highest BCUT2D eigenvalue weighted by atomic mass is 15.0. The van der Waals surface area contributed by atoms with Gasteiger partial charge in [-0.05, 0) is 36.4 Å². The lowest BCUT2D eigenvalue weighted by Crippen LogP contribution is -1.86. The molecular formula is C17H12N4. The van der Waals surface area contributed by atoms with Crippen LogP contribution in [-0.4, -0.2) is 19.4 Å². The fraction of sp³-hybridized carbons (Fsp3) is 0. The van der Waals surface area contributed by atoms with Gasteiger partial charge in [-0.2, -0.15) is 0 Å². The Morgan fingerprint density at radius 3 is 2.52 bits per heavy atom. The van der Waals surface area contributed by atoms with E-state index in [1.807, 2.05) is 71.4 Å². The highest BCUT2D eigenvalue weighted by Gasteiger charge is 1.98. The van der Waals surface area contributed by atoms with E-state index in [0.29, 0.717) is 0 Å². The SMILES string of the molecule is C(=C\c1cn2ccccc2n1)/c1cnc2ccccc2n1. The molecule has 4 nitrogen and oxygen atoms in total. The lowest BCUT2D eigenvalue weighted by molar-refractivity contribution is 1.19. The topological polar surface area (TPSA) is 43.1 Å². The number of para-hydroxylation sites is 2. The van der Waals surface area contributed by atoms with E-state index in [-0.39, 0.29) is 0 Å². The third-order valence-electron chi connectivity index (χ3n) is 3.27. The second-order valence-corrected chi connectivity index (χ2v) is 4.75. The summed E-state index contributed by atoms with van der Waals surface area (Å²) >= 11 is 0. The minimum absolute atomic E-state index is 0.825. The number of fused-ring (bicyclic) bond motifs is 2. The molecular weight excluding hydrogens is 260 g/mol. The first kappa shape index (κ1) is 11.8. The summed E-state index contributed by atoms with van der Waals surface area (Å²) < 4.78 is 1.99. The molecule has 4 rings (SSSR count). The van der Waals surface area contributed by atoms with Crippen molar-refractivity contribution in [3.05, 3.63) is 72.4 Å². The van der Waals surface area contributed by atoms with Crippen molar-refractivity contribution in [1.29, 1.82) is 0 Å². The average Bonchev–Trinajstić information content (AvgIpc) is 2.95. The largest absolute Gasteiger partial charge is 0.306 e. The van der Waals surface area contributed by atoms with Gasteiger partial charge in [0.1, 0.15) is 5.65 Å². The quantitative estimate of drug-likeness (QED) is 0.561. The van der Waals surface area contributed by atoms with Gasteiger partial charge in [0.15, 0.2) is 0 Å². The number of rotatable bonds is 2. The highest BCUT2D eigenvalue weighted by molar-refractivity contribution is 5.76. The lowest BCUT2D eigenvalue weighted by Gasteiger charge is -1.96. The molecule has 4 heteroatoms. The van der Waals surface area contributed by atoms with E-state index in [4.69, 9.17) is 0 Å². The molecule has 0 fully saturated rings. The van der Waals surface area contributed by atoms with Crippen LogP contribution in [0.15, 0.2) is 61.1 Å². The van der Waals surface area contributed by atoms with Gasteiger partial charge in [0, 0.05) is 12.4 Å². The van der Waals surface area contributed by atoms with Crippen LogP contribution in [0, 0.1) is 0 Å². The molecule has 0 aliphatic rings. The van der Waals surface area contributed by atoms with Crippen LogP contribution in [-0.2, 0) is 0 Å². The molecule has 0 unspecified atom stereocenters. The Balaban J connectivity index is 1.69. The third-order valence-corrected chi connectivity index (χ3v) is 3.27. The summed E-state index contributed by atoms with van der Waals surface area (Å²) in [6, 6.07) is 13.8. The summed E-state index contributed by atoms with van der Waals surface area (Å²) in [6.45, 7) is 0. The minimum atomic E-state index is 0.825. The van der Waals surface area contributed by atoms with E-state index in [1.54, 1.807) is 6.20 Å². The van der Waals surface area contributed by atoms with Crippen molar-refractivity contribution in [2.75, 3.05) is 0 Å². The van der Waals surface area contributed by atoms with Gasteiger partial charge in [-0.25, -0.2) is 9.97 Å². The summed E-state index contributed by atoms with van der Waals surface area (Å²) in [7, 11) is 0.